The topological polar surface area (TPSA) is 15.3 Å². The van der Waals surface area contributed by atoms with Crippen LogP contribution in [0.2, 0.25) is 0 Å². The van der Waals surface area contributed by atoms with Crippen LogP contribution in [-0.2, 0) is 0 Å². The van der Waals surface area contributed by atoms with Crippen LogP contribution < -0.4 is 5.32 Å². The number of likely N-dealkylation sites (N-methyl/N-ethyl adjacent to an activating group) is 1. The summed E-state index contributed by atoms with van der Waals surface area (Å²) in [5.41, 5.74) is 0. The first kappa shape index (κ1) is 15.7. The Balaban J connectivity index is 4.30. The molecule has 1 unspecified atom stereocenters. The third kappa shape index (κ3) is 7.06. The Labute approximate surface area is 96.2 Å². The monoisotopic (exact) mass is 240 g/mol. The minimum absolute atomic E-state index is 0.105. The highest BCUT2D eigenvalue weighted by Gasteiger charge is 2.31. The fourth-order valence-electron chi connectivity index (χ4n) is 1.72. The average molecular weight is 240 g/mol. The van der Waals surface area contributed by atoms with Gasteiger partial charge >= 0.3 is 6.18 Å². The Kier molecular flexibility index (Phi) is 6.99. The van der Waals surface area contributed by atoms with Crippen molar-refractivity contribution in [3.63, 3.8) is 0 Å². The lowest BCUT2D eigenvalue weighted by Gasteiger charge is -2.29. The Morgan fingerprint density at radius 2 is 1.81 bits per heavy atom. The molecule has 0 rings (SSSR count). The molecule has 98 valence electrons. The quantitative estimate of drug-likeness (QED) is 0.735. The lowest BCUT2D eigenvalue weighted by atomic mass is 10.0. The largest absolute Gasteiger partial charge is 0.401 e. The lowest BCUT2D eigenvalue weighted by molar-refractivity contribution is -0.146. The zero-order valence-electron chi connectivity index (χ0n) is 10.6. The van der Waals surface area contributed by atoms with E-state index in [4.69, 9.17) is 0 Å². The van der Waals surface area contributed by atoms with Crippen LogP contribution in [0.5, 0.6) is 0 Å². The first-order valence-corrected chi connectivity index (χ1v) is 5.76. The van der Waals surface area contributed by atoms with Crippen molar-refractivity contribution in [3.05, 3.63) is 0 Å². The van der Waals surface area contributed by atoms with Crippen LogP contribution in [-0.4, -0.2) is 43.8 Å². The smallest absolute Gasteiger partial charge is 0.315 e. The summed E-state index contributed by atoms with van der Waals surface area (Å²) in [5.74, 6) is 0.331. The highest BCUT2D eigenvalue weighted by Crippen LogP contribution is 2.17. The van der Waals surface area contributed by atoms with E-state index in [0.717, 1.165) is 6.42 Å². The number of rotatable bonds is 7. The molecule has 0 aliphatic heterocycles. The molecule has 16 heavy (non-hydrogen) atoms. The van der Waals surface area contributed by atoms with Gasteiger partial charge < -0.3 is 5.32 Å². The second-order valence-corrected chi connectivity index (χ2v) is 4.49. The molecule has 5 heteroatoms. The standard InChI is InChI=1S/C11H23F3N2/c1-5-6-16(8-11(12,13)14)7-10(15-4)9(2)3/h9-10,15H,5-8H2,1-4H3. The van der Waals surface area contributed by atoms with Crippen molar-refractivity contribution < 1.29 is 13.2 Å². The molecule has 0 heterocycles. The molecule has 0 aliphatic rings. The molecule has 0 bridgehead atoms. The van der Waals surface area contributed by atoms with Crippen molar-refractivity contribution in [1.82, 2.24) is 10.2 Å². The van der Waals surface area contributed by atoms with E-state index in [2.05, 4.69) is 5.32 Å². The minimum atomic E-state index is -4.11. The fraction of sp³-hybridized carbons (Fsp3) is 1.00. The van der Waals surface area contributed by atoms with Gasteiger partial charge in [0.2, 0.25) is 0 Å². The van der Waals surface area contributed by atoms with Gasteiger partial charge in [0.25, 0.3) is 0 Å². The number of nitrogens with zero attached hydrogens (tertiary/aromatic N) is 1. The van der Waals surface area contributed by atoms with E-state index in [9.17, 15) is 13.2 Å². The van der Waals surface area contributed by atoms with E-state index in [0.29, 0.717) is 19.0 Å². The molecule has 2 nitrogen and oxygen atoms in total. The number of alkyl halides is 3. The predicted octanol–water partition coefficient (Wildman–Crippen LogP) is 2.50. The molecule has 0 fully saturated rings. The maximum atomic E-state index is 12.3. The SMILES string of the molecule is CCCN(CC(NC)C(C)C)CC(F)(F)F. The van der Waals surface area contributed by atoms with Crippen molar-refractivity contribution in [2.24, 2.45) is 5.92 Å². The molecule has 1 N–H and O–H groups in total. The highest BCUT2D eigenvalue weighted by atomic mass is 19.4. The Morgan fingerprint density at radius 3 is 2.12 bits per heavy atom. The molecule has 0 aromatic heterocycles. The van der Waals surface area contributed by atoms with Gasteiger partial charge in [0.15, 0.2) is 0 Å². The van der Waals surface area contributed by atoms with Crippen molar-refractivity contribution in [2.75, 3.05) is 26.7 Å². The molecule has 1 atom stereocenters. The van der Waals surface area contributed by atoms with Crippen LogP contribution in [0.3, 0.4) is 0 Å². The van der Waals surface area contributed by atoms with Crippen molar-refractivity contribution in [3.8, 4) is 0 Å². The highest BCUT2D eigenvalue weighted by molar-refractivity contribution is 4.75. The zero-order valence-corrected chi connectivity index (χ0v) is 10.6. The molecular weight excluding hydrogens is 217 g/mol. The maximum Gasteiger partial charge on any atom is 0.401 e. The van der Waals surface area contributed by atoms with Crippen LogP contribution in [0.15, 0.2) is 0 Å². The van der Waals surface area contributed by atoms with Gasteiger partial charge in [-0.05, 0) is 25.9 Å². The maximum absolute atomic E-state index is 12.3. The third-order valence-corrected chi connectivity index (χ3v) is 2.57. The van der Waals surface area contributed by atoms with Gasteiger partial charge in [-0.1, -0.05) is 20.8 Å². The normalized spacial score (nSPS) is 14.8. The number of halogens is 3. The third-order valence-electron chi connectivity index (χ3n) is 2.57. The Hall–Kier alpha value is -0.290. The first-order chi connectivity index (χ1) is 7.30. The van der Waals surface area contributed by atoms with Crippen molar-refractivity contribution in [2.45, 2.75) is 39.4 Å². The van der Waals surface area contributed by atoms with Crippen LogP contribution in [0.25, 0.3) is 0 Å². The van der Waals surface area contributed by atoms with Gasteiger partial charge in [0, 0.05) is 12.6 Å². The van der Waals surface area contributed by atoms with Gasteiger partial charge in [-0.2, -0.15) is 13.2 Å². The molecule has 0 saturated carbocycles. The van der Waals surface area contributed by atoms with Gasteiger partial charge in [-0.15, -0.1) is 0 Å². The van der Waals surface area contributed by atoms with E-state index in [1.54, 1.807) is 7.05 Å². The summed E-state index contributed by atoms with van der Waals surface area (Å²) in [4.78, 5) is 1.47. The first-order valence-electron chi connectivity index (χ1n) is 5.76. The van der Waals surface area contributed by atoms with Gasteiger partial charge in [-0.3, -0.25) is 4.90 Å². The van der Waals surface area contributed by atoms with Gasteiger partial charge in [0.05, 0.1) is 6.54 Å². The van der Waals surface area contributed by atoms with E-state index in [-0.39, 0.29) is 6.04 Å². The van der Waals surface area contributed by atoms with Gasteiger partial charge in [-0.25, -0.2) is 0 Å². The molecule has 0 aromatic carbocycles. The summed E-state index contributed by atoms with van der Waals surface area (Å²) in [7, 11) is 1.79. The van der Waals surface area contributed by atoms with Crippen molar-refractivity contribution in [1.29, 1.82) is 0 Å². The minimum Gasteiger partial charge on any atom is -0.315 e. The second-order valence-electron chi connectivity index (χ2n) is 4.49. The molecule has 0 spiro atoms. The van der Waals surface area contributed by atoms with E-state index >= 15 is 0 Å². The molecule has 0 aromatic rings. The molecule has 0 radical (unpaired) electrons. The van der Waals surface area contributed by atoms with E-state index in [1.807, 2.05) is 20.8 Å². The molecular formula is C11H23F3N2. The summed E-state index contributed by atoms with van der Waals surface area (Å²) in [6.45, 7) is 6.04. The van der Waals surface area contributed by atoms with Crippen LogP contribution in [0.1, 0.15) is 27.2 Å². The Morgan fingerprint density at radius 1 is 1.25 bits per heavy atom. The predicted molar refractivity (Wildman–Crippen MR) is 60.5 cm³/mol. The summed E-state index contributed by atoms with van der Waals surface area (Å²) in [6.07, 6.45) is -3.37. The van der Waals surface area contributed by atoms with Gasteiger partial charge in [0.1, 0.15) is 0 Å². The van der Waals surface area contributed by atoms with E-state index < -0.39 is 12.7 Å². The molecule has 0 aliphatic carbocycles. The van der Waals surface area contributed by atoms with Crippen molar-refractivity contribution >= 4 is 0 Å². The lowest BCUT2D eigenvalue weighted by Crippen LogP contribution is -2.46. The van der Waals surface area contributed by atoms with Crippen LogP contribution in [0.4, 0.5) is 13.2 Å². The zero-order chi connectivity index (χ0) is 12.8. The van der Waals surface area contributed by atoms with E-state index in [1.165, 1.54) is 4.90 Å². The fourth-order valence-corrected chi connectivity index (χ4v) is 1.72. The number of hydrogen-bond donors (Lipinski definition) is 1. The summed E-state index contributed by atoms with van der Waals surface area (Å²) >= 11 is 0. The molecule has 0 amide bonds. The van der Waals surface area contributed by atoms with Crippen LogP contribution in [0, 0.1) is 5.92 Å². The number of nitrogens with one attached hydrogen (secondary N) is 1. The van der Waals surface area contributed by atoms with Crippen LogP contribution >= 0.6 is 0 Å². The summed E-state index contributed by atoms with van der Waals surface area (Å²) < 4.78 is 37.0. The Bertz CT molecular complexity index is 181. The number of hydrogen-bond acceptors (Lipinski definition) is 2. The molecule has 0 saturated heterocycles. The summed E-state index contributed by atoms with van der Waals surface area (Å²) in [6, 6.07) is 0.105. The average Bonchev–Trinajstić information content (AvgIpc) is 2.11. The summed E-state index contributed by atoms with van der Waals surface area (Å²) in [5, 5.41) is 3.07. The second kappa shape index (κ2) is 7.12.